The molecular formula is C12H10N2O5S. The summed E-state index contributed by atoms with van der Waals surface area (Å²) in [6.07, 6.45) is 0. The molecule has 0 aliphatic carbocycles. The summed E-state index contributed by atoms with van der Waals surface area (Å²) in [5.74, 6) is -0.512. The standard InChI is InChI=1S/C12H10N2O5S/c1-2-17-11(16)10(15)14-12-13-6-3-7-8(19-5-18-7)4-9(6)20-12/h3-4H,2,5H2,1H3,(H,13,14,15). The number of carbonyl (C=O) groups excluding carboxylic acids is 2. The maximum absolute atomic E-state index is 11.5. The molecule has 0 saturated carbocycles. The maximum atomic E-state index is 11.5. The van der Waals surface area contributed by atoms with E-state index in [0.717, 1.165) is 4.70 Å². The van der Waals surface area contributed by atoms with Gasteiger partial charge in [-0.1, -0.05) is 11.3 Å². The largest absolute Gasteiger partial charge is 0.459 e. The Balaban J connectivity index is 1.83. The number of nitrogens with one attached hydrogen (secondary N) is 1. The first-order valence-electron chi connectivity index (χ1n) is 5.85. The number of fused-ring (bicyclic) bond motifs is 2. The van der Waals surface area contributed by atoms with Crippen molar-refractivity contribution in [3.05, 3.63) is 12.1 Å². The van der Waals surface area contributed by atoms with Gasteiger partial charge >= 0.3 is 11.9 Å². The molecule has 0 saturated heterocycles. The van der Waals surface area contributed by atoms with Gasteiger partial charge in [-0.2, -0.15) is 0 Å². The highest BCUT2D eigenvalue weighted by Gasteiger charge is 2.19. The van der Waals surface area contributed by atoms with Gasteiger partial charge < -0.3 is 14.2 Å². The van der Waals surface area contributed by atoms with Crippen LogP contribution in [0.15, 0.2) is 12.1 Å². The molecule has 1 amide bonds. The van der Waals surface area contributed by atoms with Crippen LogP contribution < -0.4 is 14.8 Å². The smallest absolute Gasteiger partial charge is 0.397 e. The van der Waals surface area contributed by atoms with E-state index in [9.17, 15) is 9.59 Å². The Bertz CT molecular complexity index is 655. The molecule has 2 heterocycles. The number of ether oxygens (including phenoxy) is 3. The van der Waals surface area contributed by atoms with E-state index in [-0.39, 0.29) is 13.4 Å². The molecule has 0 atom stereocenters. The van der Waals surface area contributed by atoms with Crippen LogP contribution in [0.4, 0.5) is 5.13 Å². The average molecular weight is 294 g/mol. The summed E-state index contributed by atoms with van der Waals surface area (Å²) in [6, 6.07) is 3.52. The number of thiazole rings is 1. The maximum Gasteiger partial charge on any atom is 0.397 e. The van der Waals surface area contributed by atoms with Crippen LogP contribution in [0.5, 0.6) is 11.5 Å². The topological polar surface area (TPSA) is 86.8 Å². The Hall–Kier alpha value is -2.35. The molecule has 2 aromatic rings. The number of rotatable bonds is 2. The average Bonchev–Trinajstić information content (AvgIpc) is 3.00. The normalized spacial score (nSPS) is 12.4. The fourth-order valence-corrected chi connectivity index (χ4v) is 2.59. The van der Waals surface area contributed by atoms with Crippen LogP contribution in [0.3, 0.4) is 0 Å². The van der Waals surface area contributed by atoms with E-state index >= 15 is 0 Å². The van der Waals surface area contributed by atoms with Crippen LogP contribution in [-0.4, -0.2) is 30.3 Å². The van der Waals surface area contributed by atoms with Gasteiger partial charge in [-0.3, -0.25) is 10.1 Å². The van der Waals surface area contributed by atoms with E-state index in [0.29, 0.717) is 22.1 Å². The molecule has 0 unspecified atom stereocenters. The van der Waals surface area contributed by atoms with Crippen LogP contribution in [0.2, 0.25) is 0 Å². The van der Waals surface area contributed by atoms with Crippen molar-refractivity contribution in [2.24, 2.45) is 0 Å². The monoisotopic (exact) mass is 294 g/mol. The Morgan fingerprint density at radius 2 is 2.15 bits per heavy atom. The zero-order valence-electron chi connectivity index (χ0n) is 10.5. The molecule has 0 spiro atoms. The van der Waals surface area contributed by atoms with Gasteiger partial charge in [0.1, 0.15) is 0 Å². The van der Waals surface area contributed by atoms with Gasteiger partial charge in [0.15, 0.2) is 16.6 Å². The molecular weight excluding hydrogens is 284 g/mol. The molecule has 0 fully saturated rings. The zero-order valence-corrected chi connectivity index (χ0v) is 11.3. The molecule has 1 N–H and O–H groups in total. The summed E-state index contributed by atoms with van der Waals surface area (Å²) in [6.45, 7) is 1.97. The molecule has 7 nitrogen and oxygen atoms in total. The Kier molecular flexibility index (Phi) is 3.15. The van der Waals surface area contributed by atoms with Crippen LogP contribution >= 0.6 is 11.3 Å². The number of aromatic nitrogens is 1. The molecule has 1 aliphatic heterocycles. The summed E-state index contributed by atoms with van der Waals surface area (Å²) in [4.78, 5) is 27.0. The van der Waals surface area contributed by atoms with Crippen molar-refractivity contribution < 1.29 is 23.8 Å². The first kappa shape index (κ1) is 12.7. The number of hydrogen-bond donors (Lipinski definition) is 1. The van der Waals surface area contributed by atoms with Crippen LogP contribution in [0.1, 0.15) is 6.92 Å². The number of benzene rings is 1. The molecule has 8 heteroatoms. The number of hydrogen-bond acceptors (Lipinski definition) is 7. The van der Waals surface area contributed by atoms with Gasteiger partial charge in [-0.05, 0) is 6.92 Å². The second-order valence-corrected chi connectivity index (χ2v) is 4.90. The van der Waals surface area contributed by atoms with E-state index < -0.39 is 11.9 Å². The van der Waals surface area contributed by atoms with Crippen LogP contribution in [0.25, 0.3) is 10.2 Å². The molecule has 0 bridgehead atoms. The van der Waals surface area contributed by atoms with Crippen molar-refractivity contribution in [2.75, 3.05) is 18.7 Å². The van der Waals surface area contributed by atoms with Crippen molar-refractivity contribution >= 4 is 38.6 Å². The third-order valence-electron chi connectivity index (χ3n) is 2.56. The van der Waals surface area contributed by atoms with Crippen molar-refractivity contribution in [3.63, 3.8) is 0 Å². The highest BCUT2D eigenvalue weighted by Crippen LogP contribution is 2.38. The highest BCUT2D eigenvalue weighted by molar-refractivity contribution is 7.22. The van der Waals surface area contributed by atoms with E-state index in [1.54, 1.807) is 19.1 Å². The lowest BCUT2D eigenvalue weighted by Crippen LogP contribution is -2.24. The predicted molar refractivity (Wildman–Crippen MR) is 71.0 cm³/mol. The van der Waals surface area contributed by atoms with E-state index in [4.69, 9.17) is 9.47 Å². The van der Waals surface area contributed by atoms with E-state index in [1.807, 2.05) is 0 Å². The van der Waals surface area contributed by atoms with Crippen LogP contribution in [-0.2, 0) is 14.3 Å². The lowest BCUT2D eigenvalue weighted by atomic mass is 10.3. The van der Waals surface area contributed by atoms with Gasteiger partial charge in [0.2, 0.25) is 6.79 Å². The minimum Gasteiger partial charge on any atom is -0.459 e. The van der Waals surface area contributed by atoms with Gasteiger partial charge in [0, 0.05) is 12.1 Å². The third-order valence-corrected chi connectivity index (χ3v) is 3.50. The first-order valence-corrected chi connectivity index (χ1v) is 6.67. The second kappa shape index (κ2) is 4.97. The SMILES string of the molecule is CCOC(=O)C(=O)Nc1nc2cc3c(cc2s1)OCO3. The van der Waals surface area contributed by atoms with Gasteiger partial charge in [-0.15, -0.1) is 0 Å². The van der Waals surface area contributed by atoms with Crippen LogP contribution in [0, 0.1) is 0 Å². The Labute approximate surface area is 117 Å². The number of esters is 1. The molecule has 104 valence electrons. The lowest BCUT2D eigenvalue weighted by Gasteiger charge is -2.00. The van der Waals surface area contributed by atoms with Crippen molar-refractivity contribution in [2.45, 2.75) is 6.92 Å². The zero-order chi connectivity index (χ0) is 14.1. The summed E-state index contributed by atoms with van der Waals surface area (Å²) in [5.41, 5.74) is 0.665. The molecule has 20 heavy (non-hydrogen) atoms. The molecule has 1 aliphatic rings. The first-order chi connectivity index (χ1) is 9.67. The van der Waals surface area contributed by atoms with Crippen molar-refractivity contribution in [3.8, 4) is 11.5 Å². The molecule has 3 rings (SSSR count). The molecule has 0 radical (unpaired) electrons. The minimum absolute atomic E-state index is 0.146. The quantitative estimate of drug-likeness (QED) is 0.667. The molecule has 1 aromatic carbocycles. The fourth-order valence-electron chi connectivity index (χ4n) is 1.72. The minimum atomic E-state index is -0.930. The number of carbonyl (C=O) groups is 2. The number of amides is 1. The third kappa shape index (κ3) is 2.25. The lowest BCUT2D eigenvalue weighted by molar-refractivity contribution is -0.152. The predicted octanol–water partition coefficient (Wildman–Crippen LogP) is 1.53. The number of anilines is 1. The summed E-state index contributed by atoms with van der Waals surface area (Å²) in [5, 5.41) is 2.72. The summed E-state index contributed by atoms with van der Waals surface area (Å²) in [7, 11) is 0. The summed E-state index contributed by atoms with van der Waals surface area (Å²) >= 11 is 1.24. The van der Waals surface area contributed by atoms with Crippen molar-refractivity contribution in [1.82, 2.24) is 4.98 Å². The van der Waals surface area contributed by atoms with Gasteiger partial charge in [0.25, 0.3) is 0 Å². The van der Waals surface area contributed by atoms with E-state index in [1.165, 1.54) is 11.3 Å². The van der Waals surface area contributed by atoms with E-state index in [2.05, 4.69) is 15.0 Å². The Morgan fingerprint density at radius 1 is 1.40 bits per heavy atom. The summed E-state index contributed by atoms with van der Waals surface area (Å²) < 4.78 is 15.9. The van der Waals surface area contributed by atoms with Crippen molar-refractivity contribution in [1.29, 1.82) is 0 Å². The highest BCUT2D eigenvalue weighted by atomic mass is 32.1. The number of nitrogens with zero attached hydrogens (tertiary/aromatic N) is 1. The van der Waals surface area contributed by atoms with Gasteiger partial charge in [0.05, 0.1) is 16.8 Å². The van der Waals surface area contributed by atoms with Gasteiger partial charge in [-0.25, -0.2) is 9.78 Å². The fraction of sp³-hybridized carbons (Fsp3) is 0.250. The Morgan fingerprint density at radius 3 is 2.90 bits per heavy atom. The molecule has 1 aromatic heterocycles. The second-order valence-electron chi connectivity index (χ2n) is 3.87.